The molecule has 10 heteroatoms. The first-order valence-electron chi connectivity index (χ1n) is 6.88. The molecule has 1 fully saturated rings. The highest BCUT2D eigenvalue weighted by molar-refractivity contribution is 8.14. The molecule has 0 radical (unpaired) electrons. The molecule has 5 N–H and O–H groups in total. The summed E-state index contributed by atoms with van der Waals surface area (Å²) in [5, 5.41) is 50.8. The van der Waals surface area contributed by atoms with Crippen molar-refractivity contribution in [3.63, 3.8) is 0 Å². The minimum atomic E-state index is -1.45. The molecule has 0 spiro atoms. The van der Waals surface area contributed by atoms with E-state index in [9.17, 15) is 19.5 Å². The van der Waals surface area contributed by atoms with Gasteiger partial charge in [-0.15, -0.1) is 0 Å². The Morgan fingerprint density at radius 2 is 1.91 bits per heavy atom. The molecule has 22 heavy (non-hydrogen) atoms. The normalized spacial score (nSPS) is 34.6. The highest BCUT2D eigenvalue weighted by atomic mass is 32.2. The smallest absolute Gasteiger partial charge is 0.138 e. The summed E-state index contributed by atoms with van der Waals surface area (Å²) >= 11 is 0.927. The maximum atomic E-state index is 11.0. The lowest BCUT2D eigenvalue weighted by molar-refractivity contribution is -0.205. The van der Waals surface area contributed by atoms with Gasteiger partial charge in [-0.05, 0) is 19.3 Å². The van der Waals surface area contributed by atoms with Gasteiger partial charge in [-0.2, -0.15) is 0 Å². The SMILES string of the molecule is CS(=O)CCCC/C(=N\O)S[C@@H]1O[C@H](CO)[C@@H](O)[C@H](O)[C@H]1O. The number of thioether (sulfide) groups is 1. The second-order valence-electron chi connectivity index (χ2n) is 5.04. The summed E-state index contributed by atoms with van der Waals surface area (Å²) in [7, 11) is -0.871. The number of rotatable bonds is 7. The number of oxime groups is 1. The van der Waals surface area contributed by atoms with E-state index in [1.54, 1.807) is 6.26 Å². The number of hydrogen-bond acceptors (Lipinski definition) is 9. The minimum absolute atomic E-state index is 0.297. The highest BCUT2D eigenvalue weighted by Crippen LogP contribution is 2.30. The Morgan fingerprint density at radius 3 is 2.45 bits per heavy atom. The molecule has 1 aliphatic heterocycles. The number of ether oxygens (including phenoxy) is 1. The lowest BCUT2D eigenvalue weighted by Gasteiger charge is -2.39. The standard InChI is InChI=1S/C12H23NO7S2/c1-22(19)5-3-2-4-8(13-18)21-12-11(17)10(16)9(15)7(6-14)20-12/h7,9-12,14-18H,2-6H2,1H3/b13-8+/t7-,9-,10+,11-,12+,22?/m1/s1. The van der Waals surface area contributed by atoms with Crippen LogP contribution in [0.4, 0.5) is 0 Å². The zero-order valence-corrected chi connectivity index (χ0v) is 13.9. The van der Waals surface area contributed by atoms with Crippen LogP contribution in [0, 0.1) is 0 Å². The van der Waals surface area contributed by atoms with Crippen molar-refractivity contribution in [1.82, 2.24) is 0 Å². The molecule has 0 saturated carbocycles. The van der Waals surface area contributed by atoms with Crippen LogP contribution in [0.1, 0.15) is 19.3 Å². The molecule has 6 atom stereocenters. The molecule has 1 heterocycles. The van der Waals surface area contributed by atoms with E-state index >= 15 is 0 Å². The molecule has 130 valence electrons. The van der Waals surface area contributed by atoms with Crippen LogP contribution in [-0.4, -0.2) is 83.4 Å². The number of aliphatic hydroxyl groups excluding tert-OH is 4. The van der Waals surface area contributed by atoms with Crippen LogP contribution in [0.2, 0.25) is 0 Å². The average molecular weight is 357 g/mol. The van der Waals surface area contributed by atoms with Gasteiger partial charge in [0.15, 0.2) is 0 Å². The average Bonchev–Trinajstić information content (AvgIpc) is 2.50. The van der Waals surface area contributed by atoms with Crippen LogP contribution in [0.3, 0.4) is 0 Å². The lowest BCUT2D eigenvalue weighted by Crippen LogP contribution is -2.57. The van der Waals surface area contributed by atoms with Gasteiger partial charge < -0.3 is 30.4 Å². The zero-order chi connectivity index (χ0) is 16.7. The number of nitrogens with zero attached hydrogens (tertiary/aromatic N) is 1. The van der Waals surface area contributed by atoms with Crippen molar-refractivity contribution in [3.8, 4) is 0 Å². The van der Waals surface area contributed by atoms with Crippen molar-refractivity contribution >= 4 is 27.6 Å². The predicted octanol–water partition coefficient (Wildman–Crippen LogP) is -1.14. The minimum Gasteiger partial charge on any atom is -0.410 e. The van der Waals surface area contributed by atoms with Crippen LogP contribution in [-0.2, 0) is 15.5 Å². The molecule has 0 amide bonds. The highest BCUT2D eigenvalue weighted by Gasteiger charge is 2.44. The third-order valence-corrected chi connectivity index (χ3v) is 5.33. The predicted molar refractivity (Wildman–Crippen MR) is 83.4 cm³/mol. The fourth-order valence-electron chi connectivity index (χ4n) is 2.01. The summed E-state index contributed by atoms with van der Waals surface area (Å²) in [5.41, 5.74) is -0.957. The van der Waals surface area contributed by atoms with E-state index in [1.807, 2.05) is 0 Å². The van der Waals surface area contributed by atoms with Crippen LogP contribution in [0.5, 0.6) is 0 Å². The monoisotopic (exact) mass is 357 g/mol. The quantitative estimate of drug-likeness (QED) is 0.127. The molecule has 1 rings (SSSR count). The van der Waals surface area contributed by atoms with Crippen LogP contribution in [0.25, 0.3) is 0 Å². The fraction of sp³-hybridized carbons (Fsp3) is 0.917. The second-order valence-corrected chi connectivity index (χ2v) is 7.77. The summed E-state index contributed by atoms with van der Waals surface area (Å²) in [6.07, 6.45) is -1.84. The van der Waals surface area contributed by atoms with E-state index in [0.717, 1.165) is 11.8 Å². The van der Waals surface area contributed by atoms with E-state index in [0.29, 0.717) is 30.1 Å². The van der Waals surface area contributed by atoms with Crippen molar-refractivity contribution < 1.29 is 34.6 Å². The molecule has 0 aromatic rings. The maximum absolute atomic E-state index is 11.0. The summed E-state index contributed by atoms with van der Waals surface area (Å²) < 4.78 is 16.3. The molecular formula is C12H23NO7S2. The molecule has 8 nitrogen and oxygen atoms in total. The molecule has 0 aromatic heterocycles. The second kappa shape index (κ2) is 9.81. The fourth-order valence-corrected chi connectivity index (χ4v) is 3.70. The van der Waals surface area contributed by atoms with E-state index in [4.69, 9.17) is 15.1 Å². The van der Waals surface area contributed by atoms with Gasteiger partial charge in [-0.3, -0.25) is 4.21 Å². The van der Waals surface area contributed by atoms with Gasteiger partial charge in [-0.25, -0.2) is 0 Å². The Bertz CT molecular complexity index is 394. The molecule has 0 aliphatic carbocycles. The van der Waals surface area contributed by atoms with Gasteiger partial charge in [0.05, 0.1) is 6.61 Å². The summed E-state index contributed by atoms with van der Waals surface area (Å²) in [5.74, 6) is 0.559. The first-order valence-corrected chi connectivity index (χ1v) is 9.49. The molecule has 0 bridgehead atoms. The van der Waals surface area contributed by atoms with Crippen LogP contribution < -0.4 is 0 Å². The Hall–Kier alpha value is -0.230. The third kappa shape index (κ3) is 5.76. The number of hydrogen-bond donors (Lipinski definition) is 5. The first kappa shape index (κ1) is 19.8. The maximum Gasteiger partial charge on any atom is 0.138 e. The largest absolute Gasteiger partial charge is 0.410 e. The topological polar surface area (TPSA) is 140 Å². The lowest BCUT2D eigenvalue weighted by atomic mass is 10.0. The van der Waals surface area contributed by atoms with E-state index in [-0.39, 0.29) is 0 Å². The van der Waals surface area contributed by atoms with Gasteiger partial charge in [0.2, 0.25) is 0 Å². The van der Waals surface area contributed by atoms with Gasteiger partial charge in [-0.1, -0.05) is 16.9 Å². The van der Waals surface area contributed by atoms with E-state index in [1.165, 1.54) is 0 Å². The van der Waals surface area contributed by atoms with Crippen molar-refractivity contribution in [1.29, 1.82) is 0 Å². The van der Waals surface area contributed by atoms with Crippen LogP contribution >= 0.6 is 11.8 Å². The van der Waals surface area contributed by atoms with Gasteiger partial charge in [0, 0.05) is 22.8 Å². The number of aliphatic hydroxyl groups is 4. The third-order valence-electron chi connectivity index (χ3n) is 3.28. The van der Waals surface area contributed by atoms with Gasteiger partial charge >= 0.3 is 0 Å². The van der Waals surface area contributed by atoms with E-state index in [2.05, 4.69) is 5.16 Å². The Balaban J connectivity index is 2.53. The Kier molecular flexibility index (Phi) is 8.83. The van der Waals surface area contributed by atoms with Crippen molar-refractivity contribution in [2.75, 3.05) is 18.6 Å². The van der Waals surface area contributed by atoms with Crippen LogP contribution in [0.15, 0.2) is 5.16 Å². The van der Waals surface area contributed by atoms with Gasteiger partial charge in [0.25, 0.3) is 0 Å². The van der Waals surface area contributed by atoms with Crippen molar-refractivity contribution in [3.05, 3.63) is 0 Å². The van der Waals surface area contributed by atoms with Crippen molar-refractivity contribution in [2.45, 2.75) is 49.1 Å². The molecule has 0 aromatic carbocycles. The molecule has 1 saturated heterocycles. The zero-order valence-electron chi connectivity index (χ0n) is 12.2. The van der Waals surface area contributed by atoms with E-state index < -0.39 is 47.3 Å². The molecular weight excluding hydrogens is 334 g/mol. The molecule has 1 aliphatic rings. The Morgan fingerprint density at radius 1 is 1.23 bits per heavy atom. The summed E-state index contributed by atoms with van der Waals surface area (Å²) in [6.45, 7) is -0.504. The molecule has 1 unspecified atom stereocenters. The Labute approximate surface area is 135 Å². The summed E-state index contributed by atoms with van der Waals surface area (Å²) in [4.78, 5) is 0. The van der Waals surface area contributed by atoms with Crippen molar-refractivity contribution in [2.24, 2.45) is 5.16 Å². The summed E-state index contributed by atoms with van der Waals surface area (Å²) in [6, 6.07) is 0. The van der Waals surface area contributed by atoms with Gasteiger partial charge in [0.1, 0.15) is 34.9 Å². The first-order chi connectivity index (χ1) is 10.4. The number of unbranched alkanes of at least 4 members (excludes halogenated alkanes) is 1.